The van der Waals surface area contributed by atoms with Gasteiger partial charge in [0.1, 0.15) is 17.1 Å². The molecule has 0 fully saturated rings. The third kappa shape index (κ3) is 5.64. The SMILES string of the molecule is CC(C)(C)OC(=O)[C@@H](CC(=O)c1cc2cc(Cl)cnc2[nH]1)Cc1ccc(F)cc1. The second-order valence-corrected chi connectivity index (χ2v) is 8.40. The highest BCUT2D eigenvalue weighted by Gasteiger charge is 2.28. The molecule has 0 bridgehead atoms. The predicted octanol–water partition coefficient (Wildman–Crippen LogP) is 5.13. The van der Waals surface area contributed by atoms with E-state index in [1.165, 1.54) is 18.3 Å². The first kappa shape index (κ1) is 21.0. The Hall–Kier alpha value is -2.73. The van der Waals surface area contributed by atoms with E-state index in [2.05, 4.69) is 9.97 Å². The normalized spacial score (nSPS) is 12.7. The van der Waals surface area contributed by atoms with Crippen molar-refractivity contribution in [3.8, 4) is 0 Å². The molecule has 0 saturated carbocycles. The van der Waals surface area contributed by atoms with Crippen LogP contribution in [0.15, 0.2) is 42.6 Å². The molecule has 0 radical (unpaired) electrons. The predicted molar refractivity (Wildman–Crippen MR) is 109 cm³/mol. The summed E-state index contributed by atoms with van der Waals surface area (Å²) in [5.41, 5.74) is 0.968. The lowest BCUT2D eigenvalue weighted by Crippen LogP contribution is -2.31. The van der Waals surface area contributed by atoms with Gasteiger partial charge in [0.2, 0.25) is 0 Å². The summed E-state index contributed by atoms with van der Waals surface area (Å²) >= 11 is 5.95. The van der Waals surface area contributed by atoms with Crippen LogP contribution >= 0.6 is 11.6 Å². The number of ether oxygens (including phenoxy) is 1. The van der Waals surface area contributed by atoms with E-state index >= 15 is 0 Å². The van der Waals surface area contributed by atoms with Crippen molar-refractivity contribution >= 4 is 34.4 Å². The Morgan fingerprint density at radius 2 is 1.90 bits per heavy atom. The van der Waals surface area contributed by atoms with Gasteiger partial charge >= 0.3 is 5.97 Å². The van der Waals surface area contributed by atoms with E-state index in [9.17, 15) is 14.0 Å². The Morgan fingerprint density at radius 1 is 1.21 bits per heavy atom. The van der Waals surface area contributed by atoms with E-state index < -0.39 is 17.5 Å². The summed E-state index contributed by atoms with van der Waals surface area (Å²) in [6.45, 7) is 5.32. The zero-order valence-corrected chi connectivity index (χ0v) is 17.2. The summed E-state index contributed by atoms with van der Waals surface area (Å²) < 4.78 is 18.7. The number of nitrogens with one attached hydrogen (secondary N) is 1. The first-order chi connectivity index (χ1) is 13.6. The molecule has 7 heteroatoms. The minimum atomic E-state index is -0.699. The number of halogens is 2. The number of carbonyl (C=O) groups excluding carboxylic acids is 2. The van der Waals surface area contributed by atoms with Gasteiger partial charge < -0.3 is 9.72 Å². The van der Waals surface area contributed by atoms with E-state index in [0.717, 1.165) is 5.56 Å². The lowest BCUT2D eigenvalue weighted by Gasteiger charge is -2.23. The van der Waals surface area contributed by atoms with Gasteiger partial charge in [-0.3, -0.25) is 9.59 Å². The van der Waals surface area contributed by atoms with Gasteiger partial charge in [0.15, 0.2) is 5.78 Å². The van der Waals surface area contributed by atoms with Gasteiger partial charge in [-0.1, -0.05) is 23.7 Å². The van der Waals surface area contributed by atoms with Gasteiger partial charge in [0.25, 0.3) is 0 Å². The highest BCUT2D eigenvalue weighted by atomic mass is 35.5. The molecule has 1 N–H and O–H groups in total. The Kier molecular flexibility index (Phi) is 6.03. The summed E-state index contributed by atoms with van der Waals surface area (Å²) in [4.78, 5) is 32.7. The van der Waals surface area contributed by atoms with Crippen LogP contribution in [-0.2, 0) is 16.0 Å². The van der Waals surface area contributed by atoms with Crippen molar-refractivity contribution in [3.05, 3.63) is 64.7 Å². The van der Waals surface area contributed by atoms with Crippen molar-refractivity contribution in [1.29, 1.82) is 0 Å². The fourth-order valence-electron chi connectivity index (χ4n) is 3.00. The number of nitrogens with zero attached hydrogens (tertiary/aromatic N) is 1. The molecule has 0 unspecified atom stereocenters. The molecule has 0 spiro atoms. The monoisotopic (exact) mass is 416 g/mol. The number of aromatic amines is 1. The van der Waals surface area contributed by atoms with Gasteiger partial charge in [0.05, 0.1) is 16.6 Å². The highest BCUT2D eigenvalue weighted by Crippen LogP contribution is 2.23. The van der Waals surface area contributed by atoms with Crippen LogP contribution in [0.4, 0.5) is 4.39 Å². The number of esters is 1. The fourth-order valence-corrected chi connectivity index (χ4v) is 3.17. The van der Waals surface area contributed by atoms with Crippen LogP contribution in [0.3, 0.4) is 0 Å². The second kappa shape index (κ2) is 8.33. The number of carbonyl (C=O) groups is 2. The smallest absolute Gasteiger partial charge is 0.310 e. The summed E-state index contributed by atoms with van der Waals surface area (Å²) in [7, 11) is 0. The molecule has 0 aliphatic heterocycles. The van der Waals surface area contributed by atoms with E-state index in [1.54, 1.807) is 45.0 Å². The molecule has 1 atom stereocenters. The van der Waals surface area contributed by atoms with Crippen LogP contribution in [0.2, 0.25) is 5.02 Å². The molecule has 3 aromatic rings. The van der Waals surface area contributed by atoms with Gasteiger partial charge in [-0.2, -0.15) is 0 Å². The third-order valence-corrected chi connectivity index (χ3v) is 4.51. The van der Waals surface area contributed by atoms with Gasteiger partial charge in [0, 0.05) is 18.0 Å². The quantitative estimate of drug-likeness (QED) is 0.446. The average Bonchev–Trinajstić information content (AvgIpc) is 3.04. The van der Waals surface area contributed by atoms with Gasteiger partial charge in [-0.05, 0) is 57.0 Å². The molecular formula is C22H22ClFN2O3. The first-order valence-corrected chi connectivity index (χ1v) is 9.63. The molecule has 152 valence electrons. The van der Waals surface area contributed by atoms with Crippen molar-refractivity contribution < 1.29 is 18.7 Å². The number of fused-ring (bicyclic) bond motifs is 1. The highest BCUT2D eigenvalue weighted by molar-refractivity contribution is 6.31. The molecule has 0 aliphatic rings. The Labute approximate surface area is 173 Å². The average molecular weight is 417 g/mol. The van der Waals surface area contributed by atoms with Crippen LogP contribution in [-0.4, -0.2) is 27.3 Å². The molecule has 0 amide bonds. The maximum absolute atomic E-state index is 13.2. The molecule has 2 heterocycles. The Morgan fingerprint density at radius 3 is 2.55 bits per heavy atom. The van der Waals surface area contributed by atoms with Crippen molar-refractivity contribution in [3.63, 3.8) is 0 Å². The molecule has 5 nitrogen and oxygen atoms in total. The number of hydrogen-bond donors (Lipinski definition) is 1. The molecule has 3 rings (SSSR count). The Bertz CT molecular complexity index is 1040. The zero-order chi connectivity index (χ0) is 21.2. The number of rotatable bonds is 6. The standard InChI is InChI=1S/C22H22ClFN2O3/c1-22(2,3)29-21(28)15(8-13-4-6-17(24)7-5-13)11-19(27)18-10-14-9-16(23)12-25-20(14)26-18/h4-7,9-10,12,15H,8,11H2,1-3H3,(H,25,26)/t15-/m1/s1. The number of pyridine rings is 1. The summed E-state index contributed by atoms with van der Waals surface area (Å²) in [5.74, 6) is -1.76. The van der Waals surface area contributed by atoms with Crippen LogP contribution < -0.4 is 0 Å². The van der Waals surface area contributed by atoms with Crippen molar-refractivity contribution in [2.24, 2.45) is 5.92 Å². The molecule has 1 aromatic carbocycles. The van der Waals surface area contributed by atoms with E-state index in [-0.39, 0.29) is 24.4 Å². The molecule has 2 aromatic heterocycles. The lowest BCUT2D eigenvalue weighted by molar-refractivity contribution is -0.159. The number of aromatic nitrogens is 2. The lowest BCUT2D eigenvalue weighted by atomic mass is 9.93. The molecule has 0 saturated heterocycles. The van der Waals surface area contributed by atoms with Crippen LogP contribution in [0.5, 0.6) is 0 Å². The van der Waals surface area contributed by atoms with Crippen LogP contribution in [0.1, 0.15) is 43.2 Å². The zero-order valence-electron chi connectivity index (χ0n) is 16.5. The molecular weight excluding hydrogens is 395 g/mol. The number of Topliss-reactive ketones (excluding diaryl/α,β-unsaturated/α-hetero) is 1. The maximum Gasteiger partial charge on any atom is 0.310 e. The van der Waals surface area contributed by atoms with Gasteiger partial charge in [-0.25, -0.2) is 9.37 Å². The number of hydrogen-bond acceptors (Lipinski definition) is 4. The Balaban J connectivity index is 1.82. The van der Waals surface area contributed by atoms with Crippen LogP contribution in [0.25, 0.3) is 11.0 Å². The number of benzene rings is 1. The summed E-state index contributed by atoms with van der Waals surface area (Å²) in [6.07, 6.45) is 1.71. The van der Waals surface area contributed by atoms with Gasteiger partial charge in [-0.15, -0.1) is 0 Å². The van der Waals surface area contributed by atoms with Crippen molar-refractivity contribution in [2.45, 2.75) is 39.2 Å². The minimum Gasteiger partial charge on any atom is -0.460 e. The van der Waals surface area contributed by atoms with E-state index in [1.807, 2.05) is 0 Å². The largest absolute Gasteiger partial charge is 0.460 e. The van der Waals surface area contributed by atoms with E-state index in [0.29, 0.717) is 21.7 Å². The van der Waals surface area contributed by atoms with Crippen molar-refractivity contribution in [2.75, 3.05) is 0 Å². The third-order valence-electron chi connectivity index (χ3n) is 4.30. The minimum absolute atomic E-state index is 0.0488. The fraction of sp³-hybridized carbons (Fsp3) is 0.318. The maximum atomic E-state index is 13.2. The molecule has 29 heavy (non-hydrogen) atoms. The molecule has 0 aliphatic carbocycles. The van der Waals surface area contributed by atoms with Crippen molar-refractivity contribution in [1.82, 2.24) is 9.97 Å². The number of H-pyrrole nitrogens is 1. The second-order valence-electron chi connectivity index (χ2n) is 7.96. The topological polar surface area (TPSA) is 72.1 Å². The number of ketones is 1. The summed E-state index contributed by atoms with van der Waals surface area (Å²) in [5, 5.41) is 1.19. The first-order valence-electron chi connectivity index (χ1n) is 9.25. The van der Waals surface area contributed by atoms with Crippen LogP contribution in [0, 0.1) is 11.7 Å². The summed E-state index contributed by atoms with van der Waals surface area (Å²) in [6, 6.07) is 9.24. The van der Waals surface area contributed by atoms with E-state index in [4.69, 9.17) is 16.3 Å².